The first kappa shape index (κ1) is 22.6. The van der Waals surface area contributed by atoms with Crippen LogP contribution in [0.3, 0.4) is 0 Å². The minimum absolute atomic E-state index is 0. The van der Waals surface area contributed by atoms with Crippen molar-refractivity contribution in [2.75, 3.05) is 44.2 Å². The highest BCUT2D eigenvalue weighted by molar-refractivity contribution is 14.0. The zero-order valence-electron chi connectivity index (χ0n) is 15.8. The van der Waals surface area contributed by atoms with Crippen molar-refractivity contribution >= 4 is 47.5 Å². The zero-order chi connectivity index (χ0) is 19.1. The van der Waals surface area contributed by atoms with Crippen LogP contribution in [0.25, 0.3) is 0 Å². The van der Waals surface area contributed by atoms with E-state index < -0.39 is 6.10 Å². The molecule has 9 heteroatoms. The Morgan fingerprint density at radius 2 is 1.86 bits per heavy atom. The van der Waals surface area contributed by atoms with Crippen LogP contribution in [-0.4, -0.2) is 65.2 Å². The van der Waals surface area contributed by atoms with Crippen LogP contribution in [0.2, 0.25) is 5.02 Å². The molecule has 0 saturated carbocycles. The normalized spacial score (nSPS) is 15.8. The number of hydrogen-bond acceptors (Lipinski definition) is 5. The highest BCUT2D eigenvalue weighted by Crippen LogP contribution is 2.22. The lowest BCUT2D eigenvalue weighted by Gasteiger charge is -2.36. The van der Waals surface area contributed by atoms with Gasteiger partial charge < -0.3 is 20.2 Å². The number of aliphatic imine (C=N–C) groups is 1. The molecule has 3 rings (SSSR count). The molecule has 1 atom stereocenters. The van der Waals surface area contributed by atoms with E-state index in [-0.39, 0.29) is 30.5 Å². The zero-order valence-corrected chi connectivity index (χ0v) is 18.9. The predicted octanol–water partition coefficient (Wildman–Crippen LogP) is 2.57. The number of halogens is 2. The molecule has 1 saturated heterocycles. The van der Waals surface area contributed by atoms with Crippen molar-refractivity contribution in [3.05, 3.63) is 53.3 Å². The standard InChI is InChI=1S/C19H25ClN6O.HI/c1-2-21-18(24-14-17(27)15-6-3-4-7-16(15)20)25-10-12-26(13-11-25)19-22-8-5-9-23-19;/h3-9,17,27H,2,10-14H2,1H3,(H,21,24);1H. The molecule has 0 spiro atoms. The molecule has 1 aromatic carbocycles. The molecule has 152 valence electrons. The Kier molecular flexibility index (Phi) is 9.20. The molecule has 2 N–H and O–H groups in total. The van der Waals surface area contributed by atoms with Gasteiger partial charge in [0.2, 0.25) is 5.95 Å². The Labute approximate surface area is 187 Å². The van der Waals surface area contributed by atoms with Crippen molar-refractivity contribution in [2.45, 2.75) is 13.0 Å². The summed E-state index contributed by atoms with van der Waals surface area (Å²) in [5.41, 5.74) is 0.699. The Morgan fingerprint density at radius 1 is 1.18 bits per heavy atom. The first-order chi connectivity index (χ1) is 13.2. The fourth-order valence-corrected chi connectivity index (χ4v) is 3.28. The van der Waals surface area contributed by atoms with E-state index in [0.717, 1.165) is 44.6 Å². The summed E-state index contributed by atoms with van der Waals surface area (Å²) in [6, 6.07) is 9.14. The van der Waals surface area contributed by atoms with Crippen LogP contribution < -0.4 is 10.2 Å². The minimum atomic E-state index is -0.730. The average Bonchev–Trinajstić information content (AvgIpc) is 2.72. The predicted molar refractivity (Wildman–Crippen MR) is 124 cm³/mol. The van der Waals surface area contributed by atoms with Gasteiger partial charge in [-0.05, 0) is 19.1 Å². The highest BCUT2D eigenvalue weighted by atomic mass is 127. The summed E-state index contributed by atoms with van der Waals surface area (Å²) in [6.45, 7) is 6.33. The average molecular weight is 517 g/mol. The maximum atomic E-state index is 10.4. The van der Waals surface area contributed by atoms with Gasteiger partial charge in [0.25, 0.3) is 0 Å². The lowest BCUT2D eigenvalue weighted by Crippen LogP contribution is -2.53. The number of guanidine groups is 1. The van der Waals surface area contributed by atoms with E-state index in [2.05, 4.69) is 30.1 Å². The third-order valence-electron chi connectivity index (χ3n) is 4.43. The summed E-state index contributed by atoms with van der Waals surface area (Å²) in [5, 5.41) is 14.3. The number of hydrogen-bond donors (Lipinski definition) is 2. The summed E-state index contributed by atoms with van der Waals surface area (Å²) in [5.74, 6) is 1.56. The Bertz CT molecular complexity index is 755. The van der Waals surface area contributed by atoms with Crippen molar-refractivity contribution in [1.82, 2.24) is 20.2 Å². The van der Waals surface area contributed by atoms with Crippen molar-refractivity contribution in [2.24, 2.45) is 4.99 Å². The maximum Gasteiger partial charge on any atom is 0.225 e. The molecule has 0 radical (unpaired) electrons. The molecule has 1 unspecified atom stereocenters. The molecule has 0 aliphatic carbocycles. The molecule has 1 aliphatic heterocycles. The summed E-state index contributed by atoms with van der Waals surface area (Å²) < 4.78 is 0. The van der Waals surface area contributed by atoms with Crippen LogP contribution in [0.1, 0.15) is 18.6 Å². The maximum absolute atomic E-state index is 10.4. The van der Waals surface area contributed by atoms with Crippen LogP contribution >= 0.6 is 35.6 Å². The van der Waals surface area contributed by atoms with Crippen molar-refractivity contribution in [3.63, 3.8) is 0 Å². The van der Waals surface area contributed by atoms with Gasteiger partial charge >= 0.3 is 0 Å². The molecule has 28 heavy (non-hydrogen) atoms. The lowest BCUT2D eigenvalue weighted by molar-refractivity contribution is 0.186. The third-order valence-corrected chi connectivity index (χ3v) is 4.77. The van der Waals surface area contributed by atoms with Gasteiger partial charge in [0.15, 0.2) is 5.96 Å². The molecule has 2 aromatic rings. The summed E-state index contributed by atoms with van der Waals surface area (Å²) in [7, 11) is 0. The number of piperazine rings is 1. The van der Waals surface area contributed by atoms with Crippen LogP contribution in [0.5, 0.6) is 0 Å². The van der Waals surface area contributed by atoms with Crippen LogP contribution in [0.15, 0.2) is 47.7 Å². The van der Waals surface area contributed by atoms with Crippen LogP contribution in [0.4, 0.5) is 5.95 Å². The van der Waals surface area contributed by atoms with Crippen molar-refractivity contribution in [3.8, 4) is 0 Å². The smallest absolute Gasteiger partial charge is 0.225 e. The minimum Gasteiger partial charge on any atom is -0.386 e. The molecule has 1 aromatic heterocycles. The molecular weight excluding hydrogens is 491 g/mol. The first-order valence-corrected chi connectivity index (χ1v) is 9.54. The Morgan fingerprint density at radius 3 is 2.50 bits per heavy atom. The van der Waals surface area contributed by atoms with E-state index in [4.69, 9.17) is 11.6 Å². The molecule has 0 bridgehead atoms. The van der Waals surface area contributed by atoms with Crippen LogP contribution in [-0.2, 0) is 0 Å². The largest absolute Gasteiger partial charge is 0.386 e. The van der Waals surface area contributed by atoms with Gasteiger partial charge in [-0.1, -0.05) is 29.8 Å². The first-order valence-electron chi connectivity index (χ1n) is 9.16. The SMILES string of the molecule is CCNC(=NCC(O)c1ccccc1Cl)N1CCN(c2ncccn2)CC1.I. The fraction of sp³-hybridized carbons (Fsp3) is 0.421. The van der Waals surface area contributed by atoms with E-state index in [0.29, 0.717) is 10.6 Å². The number of aliphatic hydroxyl groups is 1. The summed E-state index contributed by atoms with van der Waals surface area (Å²) >= 11 is 6.17. The van der Waals surface area contributed by atoms with E-state index in [1.165, 1.54) is 0 Å². The van der Waals surface area contributed by atoms with Crippen molar-refractivity contribution < 1.29 is 5.11 Å². The van der Waals surface area contributed by atoms with Gasteiger partial charge in [0, 0.05) is 55.7 Å². The number of rotatable bonds is 5. The number of aliphatic hydroxyl groups excluding tert-OH is 1. The van der Waals surface area contributed by atoms with Crippen molar-refractivity contribution in [1.29, 1.82) is 0 Å². The monoisotopic (exact) mass is 516 g/mol. The van der Waals surface area contributed by atoms with Gasteiger partial charge in [-0.25, -0.2) is 9.97 Å². The van der Waals surface area contributed by atoms with E-state index in [9.17, 15) is 5.11 Å². The fourth-order valence-electron chi connectivity index (χ4n) is 3.02. The second kappa shape index (κ2) is 11.4. The van der Waals surface area contributed by atoms with Gasteiger partial charge in [-0.15, -0.1) is 24.0 Å². The van der Waals surface area contributed by atoms with Crippen LogP contribution in [0, 0.1) is 0 Å². The van der Waals surface area contributed by atoms with E-state index in [1.807, 2.05) is 31.2 Å². The van der Waals surface area contributed by atoms with Gasteiger partial charge in [0.05, 0.1) is 6.54 Å². The van der Waals surface area contributed by atoms with Gasteiger partial charge in [-0.2, -0.15) is 0 Å². The number of nitrogens with zero attached hydrogens (tertiary/aromatic N) is 5. The molecule has 2 heterocycles. The lowest BCUT2D eigenvalue weighted by atomic mass is 10.1. The number of anilines is 1. The molecular formula is C19H26ClIN6O. The molecule has 7 nitrogen and oxygen atoms in total. The Hall–Kier alpha value is -1.65. The summed E-state index contributed by atoms with van der Waals surface area (Å²) in [6.07, 6.45) is 2.79. The highest BCUT2D eigenvalue weighted by Gasteiger charge is 2.21. The second-order valence-corrected chi connectivity index (χ2v) is 6.66. The van der Waals surface area contributed by atoms with E-state index in [1.54, 1.807) is 18.5 Å². The molecule has 1 fully saturated rings. The topological polar surface area (TPSA) is 76.9 Å². The van der Waals surface area contributed by atoms with Gasteiger partial charge in [0.1, 0.15) is 6.10 Å². The number of nitrogens with one attached hydrogen (secondary N) is 1. The van der Waals surface area contributed by atoms with Gasteiger partial charge in [-0.3, -0.25) is 4.99 Å². The Balaban J connectivity index is 0.00000280. The second-order valence-electron chi connectivity index (χ2n) is 6.25. The molecule has 1 aliphatic rings. The third kappa shape index (κ3) is 5.92. The van der Waals surface area contributed by atoms with E-state index >= 15 is 0 Å². The number of aromatic nitrogens is 2. The summed E-state index contributed by atoms with van der Waals surface area (Å²) in [4.78, 5) is 17.6. The quantitative estimate of drug-likeness (QED) is 0.361. The molecule has 0 amide bonds. The number of benzene rings is 1.